The molecule has 1 saturated heterocycles. The molecule has 2 unspecified atom stereocenters. The van der Waals surface area contributed by atoms with Gasteiger partial charge in [0.15, 0.2) is 0 Å². The third-order valence-electron chi connectivity index (χ3n) is 3.82. The van der Waals surface area contributed by atoms with Crippen LogP contribution < -0.4 is 10.6 Å². The molecule has 1 aliphatic rings. The van der Waals surface area contributed by atoms with Crippen LogP contribution in [-0.2, 0) is 11.2 Å². The monoisotopic (exact) mass is 333 g/mol. The third kappa shape index (κ3) is 7.11. The summed E-state index contributed by atoms with van der Waals surface area (Å²) in [6, 6.07) is 4.18. The Labute approximate surface area is 139 Å². The van der Waals surface area contributed by atoms with Crippen LogP contribution in [0, 0.1) is 5.92 Å². The van der Waals surface area contributed by atoms with E-state index in [1.807, 2.05) is 12.1 Å². The first-order chi connectivity index (χ1) is 9.25. The Bertz CT molecular complexity index is 397. The number of piperidine rings is 1. The number of amides is 1. The number of aromatic nitrogens is 1. The number of nitrogens with one attached hydrogen (secondary N) is 2. The minimum Gasteiger partial charge on any atom is -0.353 e. The van der Waals surface area contributed by atoms with Crippen LogP contribution in [0.3, 0.4) is 0 Å². The van der Waals surface area contributed by atoms with E-state index in [0.717, 1.165) is 25.1 Å². The number of nitrogens with zero attached hydrogens (tertiary/aromatic N) is 1. The predicted molar refractivity (Wildman–Crippen MR) is 90.3 cm³/mol. The normalized spacial score (nSPS) is 18.8. The standard InChI is InChI=1S/C15H23N3O.2ClH/c1-12(14-3-2-8-17-11-14)18-15(19)5-4-13-6-9-16-10-7-13;;/h6-7,9-10,12,14,17H,2-5,8,11H2,1H3,(H,18,19);2*1H. The molecular weight excluding hydrogens is 309 g/mol. The molecule has 0 saturated carbocycles. The summed E-state index contributed by atoms with van der Waals surface area (Å²) in [7, 11) is 0. The Balaban J connectivity index is 0.00000200. The first-order valence-electron chi connectivity index (χ1n) is 7.14. The zero-order valence-corrected chi connectivity index (χ0v) is 14.0. The fourth-order valence-corrected chi connectivity index (χ4v) is 2.56. The largest absolute Gasteiger partial charge is 0.353 e. The van der Waals surface area contributed by atoms with Gasteiger partial charge in [0.1, 0.15) is 0 Å². The molecule has 6 heteroatoms. The number of halogens is 2. The maximum atomic E-state index is 11.9. The van der Waals surface area contributed by atoms with Gasteiger partial charge in [-0.15, -0.1) is 24.8 Å². The minimum atomic E-state index is 0. The van der Waals surface area contributed by atoms with Crippen LogP contribution in [0.25, 0.3) is 0 Å². The first kappa shape index (κ1) is 20.2. The van der Waals surface area contributed by atoms with Gasteiger partial charge in [0, 0.05) is 24.9 Å². The molecule has 0 radical (unpaired) electrons. The quantitative estimate of drug-likeness (QED) is 0.869. The zero-order chi connectivity index (χ0) is 13.5. The van der Waals surface area contributed by atoms with Crippen molar-refractivity contribution in [2.45, 2.75) is 38.6 Å². The van der Waals surface area contributed by atoms with Crippen LogP contribution >= 0.6 is 24.8 Å². The SMILES string of the molecule is CC(NC(=O)CCc1ccncc1)C1CCCNC1.Cl.Cl. The summed E-state index contributed by atoms with van der Waals surface area (Å²) in [5.74, 6) is 0.716. The molecule has 120 valence electrons. The van der Waals surface area contributed by atoms with E-state index in [2.05, 4.69) is 22.5 Å². The fourth-order valence-electron chi connectivity index (χ4n) is 2.56. The fraction of sp³-hybridized carbons (Fsp3) is 0.600. The van der Waals surface area contributed by atoms with E-state index in [1.165, 1.54) is 12.8 Å². The number of hydrogen-bond donors (Lipinski definition) is 2. The molecule has 1 aliphatic heterocycles. The first-order valence-corrected chi connectivity index (χ1v) is 7.14. The molecule has 0 aliphatic carbocycles. The summed E-state index contributed by atoms with van der Waals surface area (Å²) < 4.78 is 0. The molecule has 1 fully saturated rings. The van der Waals surface area contributed by atoms with E-state index < -0.39 is 0 Å². The number of aryl methyl sites for hydroxylation is 1. The van der Waals surface area contributed by atoms with Crippen LogP contribution in [0.5, 0.6) is 0 Å². The molecule has 1 aromatic rings. The Morgan fingerprint density at radius 3 is 2.76 bits per heavy atom. The number of carbonyl (C=O) groups is 1. The lowest BCUT2D eigenvalue weighted by atomic mass is 9.92. The summed E-state index contributed by atoms with van der Waals surface area (Å²) in [4.78, 5) is 15.9. The Kier molecular flexibility index (Phi) is 10.4. The molecule has 0 spiro atoms. The summed E-state index contributed by atoms with van der Waals surface area (Å²) in [6.07, 6.45) is 7.28. The second kappa shape index (κ2) is 10.8. The van der Waals surface area contributed by atoms with Crippen LogP contribution in [0.15, 0.2) is 24.5 Å². The average Bonchev–Trinajstić information content (AvgIpc) is 2.47. The summed E-state index contributed by atoms with van der Waals surface area (Å²) in [5, 5.41) is 6.51. The van der Waals surface area contributed by atoms with Gasteiger partial charge in [-0.1, -0.05) is 0 Å². The van der Waals surface area contributed by atoms with Gasteiger partial charge in [0.05, 0.1) is 0 Å². The number of hydrogen-bond acceptors (Lipinski definition) is 3. The van der Waals surface area contributed by atoms with Gasteiger partial charge in [-0.3, -0.25) is 9.78 Å². The maximum Gasteiger partial charge on any atom is 0.220 e. The van der Waals surface area contributed by atoms with Crippen molar-refractivity contribution in [3.63, 3.8) is 0 Å². The van der Waals surface area contributed by atoms with Gasteiger partial charge in [0.2, 0.25) is 5.91 Å². The van der Waals surface area contributed by atoms with Crippen molar-refractivity contribution >= 4 is 30.7 Å². The molecule has 2 heterocycles. The number of pyridine rings is 1. The molecule has 2 atom stereocenters. The van der Waals surface area contributed by atoms with Crippen LogP contribution in [0.4, 0.5) is 0 Å². The van der Waals surface area contributed by atoms with Crippen molar-refractivity contribution in [3.8, 4) is 0 Å². The van der Waals surface area contributed by atoms with E-state index in [-0.39, 0.29) is 36.8 Å². The lowest BCUT2D eigenvalue weighted by Crippen LogP contribution is -2.44. The highest BCUT2D eigenvalue weighted by molar-refractivity contribution is 5.85. The molecule has 21 heavy (non-hydrogen) atoms. The Morgan fingerprint density at radius 2 is 2.14 bits per heavy atom. The van der Waals surface area contributed by atoms with E-state index in [4.69, 9.17) is 0 Å². The smallest absolute Gasteiger partial charge is 0.220 e. The van der Waals surface area contributed by atoms with Crippen molar-refractivity contribution in [1.29, 1.82) is 0 Å². The molecular formula is C15H25Cl2N3O. The van der Waals surface area contributed by atoms with Crippen molar-refractivity contribution in [2.24, 2.45) is 5.92 Å². The van der Waals surface area contributed by atoms with Crippen LogP contribution in [0.2, 0.25) is 0 Å². The molecule has 1 aromatic heterocycles. The number of carbonyl (C=O) groups excluding carboxylic acids is 1. The summed E-state index contributed by atoms with van der Waals surface area (Å²) >= 11 is 0. The van der Waals surface area contributed by atoms with Crippen LogP contribution in [-0.4, -0.2) is 30.0 Å². The van der Waals surface area contributed by atoms with Gasteiger partial charge in [-0.25, -0.2) is 0 Å². The van der Waals surface area contributed by atoms with Crippen molar-refractivity contribution in [1.82, 2.24) is 15.6 Å². The second-order valence-electron chi connectivity index (χ2n) is 5.32. The van der Waals surface area contributed by atoms with E-state index in [9.17, 15) is 4.79 Å². The molecule has 0 bridgehead atoms. The van der Waals surface area contributed by atoms with Crippen molar-refractivity contribution in [2.75, 3.05) is 13.1 Å². The van der Waals surface area contributed by atoms with E-state index >= 15 is 0 Å². The van der Waals surface area contributed by atoms with E-state index in [1.54, 1.807) is 12.4 Å². The molecule has 2 rings (SSSR count). The maximum absolute atomic E-state index is 11.9. The zero-order valence-electron chi connectivity index (χ0n) is 12.4. The van der Waals surface area contributed by atoms with Crippen molar-refractivity contribution in [3.05, 3.63) is 30.1 Å². The summed E-state index contributed by atoms with van der Waals surface area (Å²) in [5.41, 5.74) is 1.16. The molecule has 0 aromatic carbocycles. The van der Waals surface area contributed by atoms with Crippen LogP contribution in [0.1, 0.15) is 31.7 Å². The third-order valence-corrected chi connectivity index (χ3v) is 3.82. The second-order valence-corrected chi connectivity index (χ2v) is 5.32. The lowest BCUT2D eigenvalue weighted by Gasteiger charge is -2.28. The average molecular weight is 334 g/mol. The predicted octanol–water partition coefficient (Wildman–Crippen LogP) is 2.36. The number of rotatable bonds is 5. The lowest BCUT2D eigenvalue weighted by molar-refractivity contribution is -0.122. The van der Waals surface area contributed by atoms with Gasteiger partial charge in [0.25, 0.3) is 0 Å². The Morgan fingerprint density at radius 1 is 1.43 bits per heavy atom. The van der Waals surface area contributed by atoms with Gasteiger partial charge in [-0.05, 0) is 62.9 Å². The molecule has 4 nitrogen and oxygen atoms in total. The van der Waals surface area contributed by atoms with Gasteiger partial charge >= 0.3 is 0 Å². The Hall–Kier alpha value is -0.840. The highest BCUT2D eigenvalue weighted by Gasteiger charge is 2.20. The molecule has 1 amide bonds. The summed E-state index contributed by atoms with van der Waals surface area (Å²) in [6.45, 7) is 4.24. The van der Waals surface area contributed by atoms with Crippen molar-refractivity contribution < 1.29 is 4.79 Å². The van der Waals surface area contributed by atoms with Gasteiger partial charge in [-0.2, -0.15) is 0 Å². The molecule has 2 N–H and O–H groups in total. The minimum absolute atomic E-state index is 0. The van der Waals surface area contributed by atoms with Gasteiger partial charge < -0.3 is 10.6 Å². The van der Waals surface area contributed by atoms with E-state index in [0.29, 0.717) is 12.3 Å². The topological polar surface area (TPSA) is 54.0 Å². The highest BCUT2D eigenvalue weighted by Crippen LogP contribution is 2.14. The highest BCUT2D eigenvalue weighted by atomic mass is 35.5.